The van der Waals surface area contributed by atoms with E-state index in [0.717, 1.165) is 36.7 Å². The summed E-state index contributed by atoms with van der Waals surface area (Å²) in [5, 5.41) is 7.21. The molecule has 0 atom stereocenters. The van der Waals surface area contributed by atoms with Crippen LogP contribution in [0, 0.1) is 0 Å². The highest BCUT2D eigenvalue weighted by Crippen LogP contribution is 2.24. The summed E-state index contributed by atoms with van der Waals surface area (Å²) in [5.74, 6) is 2.20. The Bertz CT molecular complexity index is 683. The van der Waals surface area contributed by atoms with E-state index < -0.39 is 0 Å². The molecule has 0 saturated carbocycles. The minimum atomic E-state index is -0.0943. The molecule has 1 aromatic heterocycles. The lowest BCUT2D eigenvalue weighted by molar-refractivity contribution is 0.0718. The van der Waals surface area contributed by atoms with Crippen molar-refractivity contribution in [2.45, 2.75) is 6.54 Å². The van der Waals surface area contributed by atoms with Gasteiger partial charge in [0, 0.05) is 66.7 Å². The van der Waals surface area contributed by atoms with Crippen molar-refractivity contribution in [1.82, 2.24) is 20.0 Å². The molecule has 3 rings (SSSR count). The van der Waals surface area contributed by atoms with Crippen molar-refractivity contribution in [3.8, 4) is 0 Å². The minimum Gasteiger partial charge on any atom is -0.398 e. The fraction of sp³-hybridized carbons (Fsp3) is 0.412. The van der Waals surface area contributed by atoms with E-state index in [1.807, 2.05) is 23.9 Å². The van der Waals surface area contributed by atoms with Crippen molar-refractivity contribution in [3.63, 3.8) is 0 Å². The summed E-state index contributed by atoms with van der Waals surface area (Å²) in [7, 11) is 0. The van der Waals surface area contributed by atoms with Crippen LogP contribution in [-0.4, -0.2) is 63.6 Å². The van der Waals surface area contributed by atoms with E-state index in [2.05, 4.69) is 15.1 Å². The van der Waals surface area contributed by atoms with Crippen LogP contribution in [0.25, 0.3) is 0 Å². The first kappa shape index (κ1) is 18.1. The van der Waals surface area contributed by atoms with Crippen LogP contribution in [0.1, 0.15) is 16.1 Å². The molecule has 6 nitrogen and oxygen atoms in total. The first-order chi connectivity index (χ1) is 12.1. The largest absolute Gasteiger partial charge is 0.398 e. The molecule has 0 radical (unpaired) electrons. The second-order valence-electron chi connectivity index (χ2n) is 5.96. The molecule has 1 aliphatic rings. The lowest BCUT2D eigenvalue weighted by atomic mass is 10.1. The molecule has 0 unspecified atom stereocenters. The molecule has 3 N–H and O–H groups in total. The van der Waals surface area contributed by atoms with Gasteiger partial charge in [0.05, 0.1) is 0 Å². The molecule has 0 bridgehead atoms. The second kappa shape index (κ2) is 8.60. The molecule has 8 heteroatoms. The van der Waals surface area contributed by atoms with Gasteiger partial charge in [0.2, 0.25) is 0 Å². The van der Waals surface area contributed by atoms with Crippen molar-refractivity contribution in [2.75, 3.05) is 43.4 Å². The number of benzene rings is 1. The smallest absolute Gasteiger partial charge is 0.272 e. The van der Waals surface area contributed by atoms with Crippen molar-refractivity contribution in [2.24, 2.45) is 0 Å². The Labute approximate surface area is 156 Å². The van der Waals surface area contributed by atoms with E-state index in [1.54, 1.807) is 23.2 Å². The lowest BCUT2D eigenvalue weighted by Gasteiger charge is -2.30. The highest BCUT2D eigenvalue weighted by atomic mass is 35.5. The number of rotatable bonds is 6. The zero-order chi connectivity index (χ0) is 17.6. The van der Waals surface area contributed by atoms with E-state index in [0.29, 0.717) is 29.5 Å². The molecule has 25 heavy (non-hydrogen) atoms. The summed E-state index contributed by atoms with van der Waals surface area (Å²) < 4.78 is 0. The summed E-state index contributed by atoms with van der Waals surface area (Å²) in [5.41, 5.74) is 7.93. The van der Waals surface area contributed by atoms with Gasteiger partial charge >= 0.3 is 0 Å². The number of hydrogen-bond donors (Lipinski definition) is 2. The summed E-state index contributed by atoms with van der Waals surface area (Å²) >= 11 is 8.28. The van der Waals surface area contributed by atoms with Crippen LogP contribution in [0.5, 0.6) is 0 Å². The summed E-state index contributed by atoms with van der Waals surface area (Å²) in [4.78, 5) is 17.0. The number of anilines is 1. The zero-order valence-electron chi connectivity index (χ0n) is 13.9. The Morgan fingerprint density at radius 1 is 1.36 bits per heavy atom. The molecule has 1 aromatic carbocycles. The number of carbonyl (C=O) groups excluding carboxylic acids is 1. The maximum Gasteiger partial charge on any atom is 0.272 e. The van der Waals surface area contributed by atoms with E-state index in [4.69, 9.17) is 17.3 Å². The van der Waals surface area contributed by atoms with Crippen molar-refractivity contribution in [1.29, 1.82) is 0 Å². The fourth-order valence-corrected chi connectivity index (χ4v) is 4.04. The highest BCUT2D eigenvalue weighted by Gasteiger charge is 2.21. The van der Waals surface area contributed by atoms with Crippen LogP contribution in [0.15, 0.2) is 30.5 Å². The number of nitrogens with two attached hydrogens (primary N) is 1. The minimum absolute atomic E-state index is 0.0943. The number of thioether (sulfide) groups is 1. The van der Waals surface area contributed by atoms with Gasteiger partial charge in [0.25, 0.3) is 5.91 Å². The molecule has 2 heterocycles. The number of nitrogens with one attached hydrogen (secondary N) is 1. The van der Waals surface area contributed by atoms with Gasteiger partial charge in [-0.2, -0.15) is 16.9 Å². The highest BCUT2D eigenvalue weighted by molar-refractivity contribution is 7.99. The van der Waals surface area contributed by atoms with Crippen LogP contribution in [-0.2, 0) is 6.54 Å². The molecule has 0 aliphatic carbocycles. The zero-order valence-corrected chi connectivity index (χ0v) is 15.5. The predicted molar refractivity (Wildman–Crippen MR) is 103 cm³/mol. The van der Waals surface area contributed by atoms with Crippen LogP contribution in [0.3, 0.4) is 0 Å². The van der Waals surface area contributed by atoms with Crippen LogP contribution >= 0.6 is 23.4 Å². The average molecular weight is 380 g/mol. The van der Waals surface area contributed by atoms with Crippen LogP contribution < -0.4 is 5.73 Å². The van der Waals surface area contributed by atoms with Gasteiger partial charge < -0.3 is 10.6 Å². The second-order valence-corrected chi connectivity index (χ2v) is 7.59. The Hall–Kier alpha value is -1.70. The maximum absolute atomic E-state index is 12.9. The lowest BCUT2D eigenvalue weighted by Crippen LogP contribution is -2.41. The summed E-state index contributed by atoms with van der Waals surface area (Å²) in [6.45, 7) is 3.96. The number of aromatic nitrogens is 2. The Balaban J connectivity index is 1.75. The molecular formula is C17H22ClN5OS. The number of aromatic amines is 1. The topological polar surface area (TPSA) is 78.2 Å². The summed E-state index contributed by atoms with van der Waals surface area (Å²) in [6.07, 6.45) is 1.58. The first-order valence-electron chi connectivity index (χ1n) is 8.27. The van der Waals surface area contributed by atoms with Crippen molar-refractivity contribution in [3.05, 3.63) is 46.7 Å². The SMILES string of the molecule is Nc1cccc(Cl)c1CN(CCN1CCSCC1)C(=O)c1ccn[nH]1. The number of halogens is 1. The van der Waals surface area contributed by atoms with Crippen molar-refractivity contribution >= 4 is 35.0 Å². The number of nitrogen functional groups attached to an aromatic ring is 1. The fourth-order valence-electron chi connectivity index (χ4n) is 2.82. The number of amides is 1. The molecule has 1 amide bonds. The number of nitrogens with zero attached hydrogens (tertiary/aromatic N) is 3. The number of hydrogen-bond acceptors (Lipinski definition) is 5. The first-order valence-corrected chi connectivity index (χ1v) is 9.80. The molecule has 134 valence electrons. The van der Waals surface area contributed by atoms with E-state index in [9.17, 15) is 4.79 Å². The molecule has 1 saturated heterocycles. The van der Waals surface area contributed by atoms with Crippen LogP contribution in [0.4, 0.5) is 5.69 Å². The van der Waals surface area contributed by atoms with Gasteiger partial charge in [-0.3, -0.25) is 14.8 Å². The quantitative estimate of drug-likeness (QED) is 0.753. The van der Waals surface area contributed by atoms with Gasteiger partial charge in [-0.25, -0.2) is 0 Å². The van der Waals surface area contributed by atoms with Gasteiger partial charge in [0.1, 0.15) is 5.69 Å². The molecular weight excluding hydrogens is 358 g/mol. The third kappa shape index (κ3) is 4.68. The third-order valence-corrected chi connectivity index (χ3v) is 5.61. The van der Waals surface area contributed by atoms with Gasteiger partial charge in [0.15, 0.2) is 0 Å². The maximum atomic E-state index is 12.9. The predicted octanol–water partition coefficient (Wildman–Crippen LogP) is 2.34. The van der Waals surface area contributed by atoms with Gasteiger partial charge in [-0.15, -0.1) is 0 Å². The third-order valence-electron chi connectivity index (χ3n) is 4.31. The number of H-pyrrole nitrogens is 1. The van der Waals surface area contributed by atoms with E-state index >= 15 is 0 Å². The summed E-state index contributed by atoms with van der Waals surface area (Å²) in [6, 6.07) is 7.10. The normalized spacial score (nSPS) is 15.2. The number of carbonyl (C=O) groups is 1. The average Bonchev–Trinajstić information content (AvgIpc) is 3.16. The molecule has 1 aliphatic heterocycles. The van der Waals surface area contributed by atoms with E-state index in [1.165, 1.54) is 0 Å². The van der Waals surface area contributed by atoms with E-state index in [-0.39, 0.29) is 5.91 Å². The van der Waals surface area contributed by atoms with Gasteiger partial charge in [-0.05, 0) is 18.2 Å². The Morgan fingerprint density at radius 2 is 2.16 bits per heavy atom. The Kier molecular flexibility index (Phi) is 6.23. The standard InChI is InChI=1S/C17H22ClN5OS/c18-14-2-1-3-15(19)13(14)12-23(17(24)16-4-5-20-21-16)7-6-22-8-10-25-11-9-22/h1-5H,6-12,19H2,(H,20,21). The van der Waals surface area contributed by atoms with Gasteiger partial charge in [-0.1, -0.05) is 17.7 Å². The molecule has 1 fully saturated rings. The Morgan fingerprint density at radius 3 is 2.84 bits per heavy atom. The van der Waals surface area contributed by atoms with Crippen molar-refractivity contribution < 1.29 is 4.79 Å². The van der Waals surface area contributed by atoms with Crippen LogP contribution in [0.2, 0.25) is 5.02 Å². The molecule has 0 spiro atoms. The molecule has 2 aromatic rings. The monoisotopic (exact) mass is 379 g/mol.